The van der Waals surface area contributed by atoms with Crippen molar-refractivity contribution in [2.45, 2.75) is 19.9 Å². The van der Waals surface area contributed by atoms with Gasteiger partial charge in [-0.3, -0.25) is 4.79 Å². The highest BCUT2D eigenvalue weighted by molar-refractivity contribution is 5.70. The molecule has 0 aromatic carbocycles. The van der Waals surface area contributed by atoms with Crippen molar-refractivity contribution in [3.8, 4) is 11.4 Å². The number of carbonyl (C=O) groups is 1. The van der Waals surface area contributed by atoms with E-state index in [1.807, 2.05) is 0 Å². The van der Waals surface area contributed by atoms with Gasteiger partial charge < -0.3 is 9.52 Å². The molecule has 90 valence electrons. The van der Waals surface area contributed by atoms with Gasteiger partial charge in [-0.1, -0.05) is 0 Å². The molecule has 2 heterocycles. The molecule has 17 heavy (non-hydrogen) atoms. The fourth-order valence-electron chi connectivity index (χ4n) is 1.47. The minimum atomic E-state index is -0.883. The highest BCUT2D eigenvalue weighted by atomic mass is 16.4. The maximum atomic E-state index is 10.9. The normalized spacial score (nSPS) is 14.5. The Morgan fingerprint density at radius 3 is 2.88 bits per heavy atom. The summed E-state index contributed by atoms with van der Waals surface area (Å²) in [6.07, 6.45) is 3.03. The van der Waals surface area contributed by atoms with Gasteiger partial charge in [-0.2, -0.15) is 0 Å². The van der Waals surface area contributed by atoms with E-state index in [-0.39, 0.29) is 6.04 Å². The van der Waals surface area contributed by atoms with Crippen LogP contribution < -0.4 is 0 Å². The summed E-state index contributed by atoms with van der Waals surface area (Å²) >= 11 is 0. The molecule has 0 fully saturated rings. The van der Waals surface area contributed by atoms with Crippen LogP contribution in [0.4, 0.5) is 0 Å². The van der Waals surface area contributed by atoms with Crippen molar-refractivity contribution >= 4 is 5.97 Å². The fourth-order valence-corrected chi connectivity index (χ4v) is 1.47. The first-order chi connectivity index (χ1) is 8.11. The van der Waals surface area contributed by atoms with Crippen molar-refractivity contribution in [3.63, 3.8) is 0 Å². The largest absolute Gasteiger partial charge is 0.481 e. The van der Waals surface area contributed by atoms with Gasteiger partial charge in [0.2, 0.25) is 0 Å². The Bertz CT molecular complexity index is 505. The smallest absolute Gasteiger partial charge is 0.308 e. The Morgan fingerprint density at radius 2 is 2.29 bits per heavy atom. The molecule has 0 spiro atoms. The molecule has 0 aliphatic carbocycles. The first kappa shape index (κ1) is 11.3. The first-order valence-electron chi connectivity index (χ1n) is 5.14. The van der Waals surface area contributed by atoms with Crippen molar-refractivity contribution in [1.82, 2.24) is 20.2 Å². The van der Waals surface area contributed by atoms with Gasteiger partial charge in [-0.15, -0.1) is 5.10 Å². The van der Waals surface area contributed by atoms with E-state index < -0.39 is 11.9 Å². The van der Waals surface area contributed by atoms with E-state index in [0.717, 1.165) is 5.56 Å². The minimum absolute atomic E-state index is 0.340. The number of carboxylic acid groups (broad SMARTS) is 1. The highest BCUT2D eigenvalue weighted by Crippen LogP contribution is 2.23. The summed E-state index contributed by atoms with van der Waals surface area (Å²) in [7, 11) is 0. The molecule has 0 aliphatic rings. The number of furan rings is 1. The average molecular weight is 236 g/mol. The number of hydrogen-bond acceptors (Lipinski definition) is 5. The van der Waals surface area contributed by atoms with Gasteiger partial charge >= 0.3 is 5.97 Å². The molecule has 2 rings (SSSR count). The van der Waals surface area contributed by atoms with Gasteiger partial charge in [0.05, 0.1) is 23.8 Å². The van der Waals surface area contributed by atoms with E-state index in [0.29, 0.717) is 5.82 Å². The van der Waals surface area contributed by atoms with E-state index in [9.17, 15) is 4.79 Å². The molecule has 0 amide bonds. The van der Waals surface area contributed by atoms with Gasteiger partial charge in [-0.25, -0.2) is 4.68 Å². The fraction of sp³-hybridized carbons (Fsp3) is 0.400. The van der Waals surface area contributed by atoms with Crippen LogP contribution in [0.3, 0.4) is 0 Å². The van der Waals surface area contributed by atoms with E-state index >= 15 is 0 Å². The van der Waals surface area contributed by atoms with Gasteiger partial charge in [0, 0.05) is 0 Å². The predicted octanol–water partition coefficient (Wildman–Crippen LogP) is 1.21. The molecule has 2 aromatic heterocycles. The topological polar surface area (TPSA) is 94.0 Å². The average Bonchev–Trinajstić information content (AvgIpc) is 2.96. The second kappa shape index (κ2) is 4.36. The lowest BCUT2D eigenvalue weighted by Gasteiger charge is -2.16. The summed E-state index contributed by atoms with van der Waals surface area (Å²) in [6, 6.07) is 1.38. The van der Waals surface area contributed by atoms with Crippen LogP contribution in [0.1, 0.15) is 19.9 Å². The molecule has 2 unspecified atom stereocenters. The first-order valence-corrected chi connectivity index (χ1v) is 5.14. The van der Waals surface area contributed by atoms with E-state index in [4.69, 9.17) is 9.52 Å². The van der Waals surface area contributed by atoms with E-state index in [1.165, 1.54) is 17.2 Å². The Kier molecular flexibility index (Phi) is 2.90. The van der Waals surface area contributed by atoms with Crippen molar-refractivity contribution in [2.75, 3.05) is 0 Å². The number of tetrazole rings is 1. The Hall–Kier alpha value is -2.18. The second-order valence-corrected chi connectivity index (χ2v) is 3.83. The zero-order valence-electron chi connectivity index (χ0n) is 9.44. The molecule has 2 aromatic rings. The summed E-state index contributed by atoms with van der Waals surface area (Å²) in [5, 5.41) is 20.2. The van der Waals surface area contributed by atoms with E-state index in [2.05, 4.69) is 15.5 Å². The quantitative estimate of drug-likeness (QED) is 0.857. The summed E-state index contributed by atoms with van der Waals surface area (Å²) in [6.45, 7) is 3.38. The standard InChI is InChI=1S/C10H12N4O3/c1-6(10(15)16)7(2)14-9(11-12-13-14)8-3-4-17-5-8/h3-7H,1-2H3,(H,15,16). The van der Waals surface area contributed by atoms with Gasteiger partial charge in [0.1, 0.15) is 6.26 Å². The molecule has 0 saturated heterocycles. The zero-order valence-corrected chi connectivity index (χ0v) is 9.44. The third-order valence-electron chi connectivity index (χ3n) is 2.77. The summed E-state index contributed by atoms with van der Waals surface area (Å²) < 4.78 is 6.45. The van der Waals surface area contributed by atoms with Crippen LogP contribution in [-0.2, 0) is 4.79 Å². The maximum absolute atomic E-state index is 10.9. The number of carboxylic acids is 1. The molecule has 7 nitrogen and oxygen atoms in total. The van der Waals surface area contributed by atoms with Crippen LogP contribution in [0.2, 0.25) is 0 Å². The van der Waals surface area contributed by atoms with Crippen LogP contribution in [0.25, 0.3) is 11.4 Å². The number of aromatic nitrogens is 4. The third kappa shape index (κ3) is 2.03. The number of nitrogens with zero attached hydrogens (tertiary/aromatic N) is 4. The molecule has 0 aliphatic heterocycles. The molecule has 0 radical (unpaired) electrons. The molecule has 7 heteroatoms. The summed E-state index contributed by atoms with van der Waals surface area (Å²) in [5.41, 5.74) is 0.722. The SMILES string of the molecule is CC(C(=O)O)C(C)n1nnnc1-c1ccoc1. The zero-order chi connectivity index (χ0) is 12.4. The lowest BCUT2D eigenvalue weighted by atomic mass is 10.0. The van der Waals surface area contributed by atoms with Crippen LogP contribution in [0.15, 0.2) is 23.0 Å². The van der Waals surface area contributed by atoms with Crippen LogP contribution in [0, 0.1) is 5.92 Å². The van der Waals surface area contributed by atoms with Crippen molar-refractivity contribution in [3.05, 3.63) is 18.6 Å². The Balaban J connectivity index is 2.34. The molecular formula is C10H12N4O3. The van der Waals surface area contributed by atoms with E-state index in [1.54, 1.807) is 19.9 Å². The van der Waals surface area contributed by atoms with Gasteiger partial charge in [0.25, 0.3) is 0 Å². The molecule has 0 saturated carbocycles. The maximum Gasteiger partial charge on any atom is 0.308 e. The third-order valence-corrected chi connectivity index (χ3v) is 2.77. The highest BCUT2D eigenvalue weighted by Gasteiger charge is 2.25. The van der Waals surface area contributed by atoms with Crippen LogP contribution >= 0.6 is 0 Å². The predicted molar refractivity (Wildman–Crippen MR) is 57.0 cm³/mol. The monoisotopic (exact) mass is 236 g/mol. The van der Waals surface area contributed by atoms with Gasteiger partial charge in [-0.05, 0) is 30.3 Å². The number of hydrogen-bond donors (Lipinski definition) is 1. The molecule has 2 atom stereocenters. The summed E-state index contributed by atoms with van der Waals surface area (Å²) in [5.74, 6) is -0.963. The minimum Gasteiger partial charge on any atom is -0.481 e. The molecule has 0 bridgehead atoms. The molecule has 1 N–H and O–H groups in total. The van der Waals surface area contributed by atoms with Crippen LogP contribution in [-0.4, -0.2) is 31.3 Å². The Labute approximate surface area is 97.0 Å². The lowest BCUT2D eigenvalue weighted by Crippen LogP contribution is -2.23. The number of rotatable bonds is 4. The van der Waals surface area contributed by atoms with Crippen LogP contribution in [0.5, 0.6) is 0 Å². The van der Waals surface area contributed by atoms with Gasteiger partial charge in [0.15, 0.2) is 5.82 Å². The lowest BCUT2D eigenvalue weighted by molar-refractivity contribution is -0.142. The summed E-state index contributed by atoms with van der Waals surface area (Å²) in [4.78, 5) is 10.9. The Morgan fingerprint density at radius 1 is 1.53 bits per heavy atom. The van der Waals surface area contributed by atoms with Crippen molar-refractivity contribution in [1.29, 1.82) is 0 Å². The second-order valence-electron chi connectivity index (χ2n) is 3.83. The van der Waals surface area contributed by atoms with Crippen molar-refractivity contribution < 1.29 is 14.3 Å². The van der Waals surface area contributed by atoms with Crippen molar-refractivity contribution in [2.24, 2.45) is 5.92 Å². The molecular weight excluding hydrogens is 224 g/mol. The number of aliphatic carboxylic acids is 1.